The fourth-order valence-electron chi connectivity index (χ4n) is 2.29. The Balaban J connectivity index is 1.74. The summed E-state index contributed by atoms with van der Waals surface area (Å²) in [4.78, 5) is 35.9. The summed E-state index contributed by atoms with van der Waals surface area (Å²) in [6.07, 6.45) is 0.739. The molecule has 9 nitrogen and oxygen atoms in total. The lowest BCUT2D eigenvalue weighted by molar-refractivity contribution is -0.123. The van der Waals surface area contributed by atoms with E-state index >= 15 is 0 Å². The number of rotatable bonds is 8. The predicted molar refractivity (Wildman–Crippen MR) is 125 cm³/mol. The van der Waals surface area contributed by atoms with Gasteiger partial charge in [0.25, 0.3) is 11.8 Å². The molecule has 0 unspecified atom stereocenters. The number of amides is 2. The molecule has 0 aromatic heterocycles. The summed E-state index contributed by atoms with van der Waals surface area (Å²) in [6.45, 7) is 1.95. The molecule has 0 heterocycles. The van der Waals surface area contributed by atoms with Gasteiger partial charge in [-0.05, 0) is 77.0 Å². The number of methoxy groups -OCH3 is 1. The maximum atomic E-state index is 12.2. The summed E-state index contributed by atoms with van der Waals surface area (Å²) < 4.78 is 16.1. The summed E-state index contributed by atoms with van der Waals surface area (Å²) in [5, 5.41) is 2.35. The van der Waals surface area contributed by atoms with E-state index in [4.69, 9.17) is 26.4 Å². The molecule has 0 spiro atoms. The van der Waals surface area contributed by atoms with E-state index in [0.717, 1.165) is 6.42 Å². The van der Waals surface area contributed by atoms with Gasteiger partial charge in [-0.3, -0.25) is 25.8 Å². The van der Waals surface area contributed by atoms with Crippen LogP contribution in [0.2, 0.25) is 0 Å². The van der Waals surface area contributed by atoms with Crippen molar-refractivity contribution in [2.75, 3.05) is 20.3 Å². The van der Waals surface area contributed by atoms with Gasteiger partial charge in [0.15, 0.2) is 11.7 Å². The molecule has 0 saturated carbocycles. The van der Waals surface area contributed by atoms with Gasteiger partial charge in [-0.25, -0.2) is 4.79 Å². The van der Waals surface area contributed by atoms with Gasteiger partial charge < -0.3 is 14.2 Å². The largest absolute Gasteiger partial charge is 0.496 e. The lowest BCUT2D eigenvalue weighted by atomic mass is 10.2. The van der Waals surface area contributed by atoms with Crippen molar-refractivity contribution in [2.24, 2.45) is 0 Å². The van der Waals surface area contributed by atoms with Crippen LogP contribution in [-0.4, -0.2) is 43.2 Å². The molecule has 2 aromatic carbocycles. The number of carbonyl (C=O) groups excluding carboxylic acids is 3. The molecule has 0 bridgehead atoms. The average molecular weight is 524 g/mol. The van der Waals surface area contributed by atoms with Crippen LogP contribution in [-0.2, 0) is 9.53 Å². The molecular weight excluding hydrogens is 502 g/mol. The fourth-order valence-corrected chi connectivity index (χ4v) is 2.98. The van der Waals surface area contributed by atoms with E-state index in [-0.39, 0.29) is 11.7 Å². The van der Waals surface area contributed by atoms with Crippen LogP contribution < -0.4 is 25.6 Å². The molecule has 0 radical (unpaired) electrons. The first-order chi connectivity index (χ1) is 15.3. The van der Waals surface area contributed by atoms with Crippen LogP contribution in [0, 0.1) is 0 Å². The molecule has 0 saturated heterocycles. The first kappa shape index (κ1) is 25.1. The van der Waals surface area contributed by atoms with Gasteiger partial charge in [0.05, 0.1) is 23.8 Å². The van der Waals surface area contributed by atoms with Crippen molar-refractivity contribution < 1.29 is 28.6 Å². The molecule has 0 aliphatic heterocycles. The van der Waals surface area contributed by atoms with Crippen molar-refractivity contribution in [3.05, 3.63) is 58.1 Å². The lowest BCUT2D eigenvalue weighted by Gasteiger charge is -2.12. The molecule has 2 rings (SSSR count). The summed E-state index contributed by atoms with van der Waals surface area (Å²) >= 11 is 8.30. The Hall–Kier alpha value is -3.18. The number of hydrazine groups is 1. The van der Waals surface area contributed by atoms with Crippen molar-refractivity contribution >= 4 is 51.0 Å². The zero-order valence-corrected chi connectivity index (χ0v) is 19.8. The maximum absolute atomic E-state index is 12.2. The third-order valence-electron chi connectivity index (χ3n) is 3.85. The summed E-state index contributed by atoms with van der Waals surface area (Å²) in [5.41, 5.74) is 5.48. The second kappa shape index (κ2) is 12.6. The van der Waals surface area contributed by atoms with Crippen molar-refractivity contribution in [2.45, 2.75) is 13.3 Å². The van der Waals surface area contributed by atoms with Crippen LogP contribution in [0.4, 0.5) is 0 Å². The Morgan fingerprint density at radius 1 is 1.03 bits per heavy atom. The zero-order chi connectivity index (χ0) is 23.5. The molecule has 11 heteroatoms. The van der Waals surface area contributed by atoms with Crippen molar-refractivity contribution in [1.29, 1.82) is 0 Å². The first-order valence-electron chi connectivity index (χ1n) is 9.47. The van der Waals surface area contributed by atoms with Gasteiger partial charge in [-0.15, -0.1) is 0 Å². The maximum Gasteiger partial charge on any atom is 0.338 e. The molecule has 32 heavy (non-hydrogen) atoms. The van der Waals surface area contributed by atoms with E-state index in [1.54, 1.807) is 42.5 Å². The van der Waals surface area contributed by atoms with Crippen molar-refractivity contribution in [1.82, 2.24) is 16.2 Å². The number of esters is 1. The molecule has 0 aliphatic rings. The Bertz CT molecular complexity index is 984. The monoisotopic (exact) mass is 523 g/mol. The van der Waals surface area contributed by atoms with E-state index < -0.39 is 17.8 Å². The summed E-state index contributed by atoms with van der Waals surface area (Å²) in [7, 11) is 1.52. The topological polar surface area (TPSA) is 115 Å². The third-order valence-corrected chi connectivity index (χ3v) is 4.68. The van der Waals surface area contributed by atoms with Crippen LogP contribution in [0.1, 0.15) is 34.1 Å². The average Bonchev–Trinajstić information content (AvgIpc) is 2.80. The van der Waals surface area contributed by atoms with Gasteiger partial charge in [0, 0.05) is 5.56 Å². The minimum Gasteiger partial charge on any atom is -0.496 e. The minimum absolute atomic E-state index is 0.0924. The quantitative estimate of drug-likeness (QED) is 0.275. The van der Waals surface area contributed by atoms with Gasteiger partial charge in [0.1, 0.15) is 11.5 Å². The number of halogens is 1. The number of nitrogens with one attached hydrogen (secondary N) is 3. The molecule has 2 aromatic rings. The van der Waals surface area contributed by atoms with Gasteiger partial charge in [-0.1, -0.05) is 6.92 Å². The summed E-state index contributed by atoms with van der Waals surface area (Å²) in [5.74, 6) is -0.430. The van der Waals surface area contributed by atoms with Crippen LogP contribution >= 0.6 is 28.1 Å². The Labute approximate surface area is 198 Å². The number of hydrogen-bond acceptors (Lipinski definition) is 7. The minimum atomic E-state index is -0.528. The number of ether oxygens (including phenoxy) is 3. The molecule has 0 atom stereocenters. The number of benzene rings is 2. The standard InChI is InChI=1S/C21H22BrN3O6S/c1-3-10-30-20(28)13-4-7-15(8-5-13)31-12-18(26)24-25-21(32)23-19(27)14-6-9-17(29-2)16(22)11-14/h4-9,11H,3,10,12H2,1-2H3,(H,24,26)(H2,23,25,27,32). The Kier molecular flexibility index (Phi) is 9.89. The SMILES string of the molecule is CCCOC(=O)c1ccc(OCC(=O)NNC(=S)NC(=O)c2ccc(OC)c(Br)c2)cc1. The molecule has 170 valence electrons. The second-order valence-corrected chi connectivity index (χ2v) is 7.52. The highest BCUT2D eigenvalue weighted by molar-refractivity contribution is 9.10. The first-order valence-corrected chi connectivity index (χ1v) is 10.7. The normalized spacial score (nSPS) is 9.97. The van der Waals surface area contributed by atoms with E-state index in [1.165, 1.54) is 7.11 Å². The molecular formula is C21H22BrN3O6S. The van der Waals surface area contributed by atoms with Gasteiger partial charge in [0.2, 0.25) is 0 Å². The predicted octanol–water partition coefficient (Wildman–Crippen LogP) is 2.74. The van der Waals surface area contributed by atoms with E-state index in [2.05, 4.69) is 32.1 Å². The van der Waals surface area contributed by atoms with Gasteiger partial charge in [-0.2, -0.15) is 0 Å². The van der Waals surface area contributed by atoms with Crippen molar-refractivity contribution in [3.8, 4) is 11.5 Å². The Morgan fingerprint density at radius 2 is 1.72 bits per heavy atom. The fraction of sp³-hybridized carbons (Fsp3) is 0.238. The van der Waals surface area contributed by atoms with Crippen molar-refractivity contribution in [3.63, 3.8) is 0 Å². The second-order valence-electron chi connectivity index (χ2n) is 6.25. The van der Waals surface area contributed by atoms with Crippen LogP contribution in [0.15, 0.2) is 46.9 Å². The molecule has 0 aliphatic carbocycles. The summed E-state index contributed by atoms with van der Waals surface area (Å²) in [6, 6.07) is 11.0. The van der Waals surface area contributed by atoms with Gasteiger partial charge >= 0.3 is 5.97 Å². The smallest absolute Gasteiger partial charge is 0.338 e. The highest BCUT2D eigenvalue weighted by Crippen LogP contribution is 2.25. The Morgan fingerprint density at radius 3 is 2.34 bits per heavy atom. The molecule has 3 N–H and O–H groups in total. The van der Waals surface area contributed by atoms with E-state index in [1.807, 2.05) is 6.92 Å². The molecule has 2 amide bonds. The lowest BCUT2D eigenvalue weighted by Crippen LogP contribution is -2.49. The molecule has 0 fully saturated rings. The van der Waals surface area contributed by atoms with Crippen LogP contribution in [0.5, 0.6) is 11.5 Å². The highest BCUT2D eigenvalue weighted by Gasteiger charge is 2.12. The number of thiocarbonyl (C=S) groups is 1. The number of carbonyl (C=O) groups is 3. The number of hydrogen-bond donors (Lipinski definition) is 3. The van der Waals surface area contributed by atoms with E-state index in [9.17, 15) is 14.4 Å². The third kappa shape index (κ3) is 7.82. The highest BCUT2D eigenvalue weighted by atomic mass is 79.9. The zero-order valence-electron chi connectivity index (χ0n) is 17.4. The van der Waals surface area contributed by atoms with Crippen LogP contribution in [0.25, 0.3) is 0 Å². The van der Waals surface area contributed by atoms with Crippen LogP contribution in [0.3, 0.4) is 0 Å². The van der Waals surface area contributed by atoms with E-state index in [0.29, 0.717) is 33.7 Å².